The molecule has 2 aromatic carbocycles. The van der Waals surface area contributed by atoms with Gasteiger partial charge in [-0.05, 0) is 60.9 Å². The second-order valence-corrected chi connectivity index (χ2v) is 7.30. The van der Waals surface area contributed by atoms with E-state index in [0.29, 0.717) is 17.9 Å². The van der Waals surface area contributed by atoms with Gasteiger partial charge >= 0.3 is 5.97 Å². The maximum absolute atomic E-state index is 12.4. The Morgan fingerprint density at radius 2 is 1.57 bits per heavy atom. The van der Waals surface area contributed by atoms with Crippen molar-refractivity contribution < 1.29 is 14.3 Å². The largest absolute Gasteiger partial charge is 0.494 e. The number of rotatable bonds is 10. The molecule has 0 aliphatic carbocycles. The zero-order chi connectivity index (χ0) is 21.2. The predicted octanol–water partition coefficient (Wildman–Crippen LogP) is 6.49. The Morgan fingerprint density at radius 3 is 2.20 bits per heavy atom. The third-order valence-electron chi connectivity index (χ3n) is 4.83. The summed E-state index contributed by atoms with van der Waals surface area (Å²) < 4.78 is 11.2. The van der Waals surface area contributed by atoms with E-state index in [-0.39, 0.29) is 5.97 Å². The summed E-state index contributed by atoms with van der Waals surface area (Å²) in [6, 6.07) is 18.6. The van der Waals surface area contributed by atoms with E-state index >= 15 is 0 Å². The normalized spacial score (nSPS) is 10.6. The van der Waals surface area contributed by atoms with Gasteiger partial charge < -0.3 is 9.47 Å². The van der Waals surface area contributed by atoms with E-state index in [1.807, 2.05) is 36.5 Å². The maximum atomic E-state index is 12.4. The highest BCUT2D eigenvalue weighted by molar-refractivity contribution is 5.91. The summed E-state index contributed by atoms with van der Waals surface area (Å²) in [5.74, 6) is 0.898. The summed E-state index contributed by atoms with van der Waals surface area (Å²) in [4.78, 5) is 17.0. The van der Waals surface area contributed by atoms with Crippen LogP contribution in [-0.2, 0) is 6.42 Å². The van der Waals surface area contributed by atoms with Crippen molar-refractivity contribution in [1.29, 1.82) is 0 Å². The van der Waals surface area contributed by atoms with Crippen molar-refractivity contribution in [3.8, 4) is 22.8 Å². The molecule has 0 fully saturated rings. The third-order valence-corrected chi connectivity index (χ3v) is 4.83. The molecule has 0 atom stereocenters. The maximum Gasteiger partial charge on any atom is 0.343 e. The molecule has 156 valence electrons. The molecule has 0 aliphatic rings. The molecular formula is C26H29NO3. The van der Waals surface area contributed by atoms with Gasteiger partial charge in [-0.25, -0.2) is 4.79 Å². The number of unbranched alkanes of at least 4 members (excludes halogenated alkanes) is 2. The number of ether oxygens (including phenoxy) is 2. The number of hydrogen-bond donors (Lipinski definition) is 0. The Bertz CT molecular complexity index is 916. The smallest absolute Gasteiger partial charge is 0.343 e. The molecule has 0 saturated heterocycles. The molecule has 0 saturated carbocycles. The molecule has 1 aromatic heterocycles. The van der Waals surface area contributed by atoms with E-state index in [0.717, 1.165) is 42.7 Å². The van der Waals surface area contributed by atoms with Crippen LogP contribution in [0, 0.1) is 0 Å². The second-order valence-electron chi connectivity index (χ2n) is 7.30. The van der Waals surface area contributed by atoms with Crippen molar-refractivity contribution in [3.05, 3.63) is 78.0 Å². The average molecular weight is 404 g/mol. The number of pyridine rings is 1. The van der Waals surface area contributed by atoms with Crippen molar-refractivity contribution in [1.82, 2.24) is 4.98 Å². The molecule has 3 rings (SSSR count). The van der Waals surface area contributed by atoms with Crippen LogP contribution in [0.2, 0.25) is 0 Å². The summed E-state index contributed by atoms with van der Waals surface area (Å²) in [5, 5.41) is 0. The van der Waals surface area contributed by atoms with Crippen LogP contribution < -0.4 is 9.47 Å². The van der Waals surface area contributed by atoms with Gasteiger partial charge in [0.15, 0.2) is 0 Å². The molecule has 3 aromatic rings. The second kappa shape index (κ2) is 11.1. The molecule has 4 nitrogen and oxygen atoms in total. The van der Waals surface area contributed by atoms with E-state index in [2.05, 4.69) is 24.9 Å². The van der Waals surface area contributed by atoms with Gasteiger partial charge in [0.05, 0.1) is 17.9 Å². The highest BCUT2D eigenvalue weighted by Gasteiger charge is 2.10. The molecule has 0 spiro atoms. The Hall–Kier alpha value is -3.14. The quantitative estimate of drug-likeness (QED) is 0.220. The van der Waals surface area contributed by atoms with Crippen LogP contribution in [0.5, 0.6) is 11.5 Å². The van der Waals surface area contributed by atoms with Gasteiger partial charge in [-0.1, -0.05) is 51.3 Å². The number of esters is 1. The lowest BCUT2D eigenvalue weighted by Gasteiger charge is -2.08. The molecular weight excluding hydrogens is 374 g/mol. The van der Waals surface area contributed by atoms with Crippen LogP contribution in [0.4, 0.5) is 0 Å². The molecule has 0 radical (unpaired) electrons. The zero-order valence-electron chi connectivity index (χ0n) is 17.8. The van der Waals surface area contributed by atoms with Crippen LogP contribution in [0.3, 0.4) is 0 Å². The van der Waals surface area contributed by atoms with E-state index < -0.39 is 0 Å². The first-order chi connectivity index (χ1) is 14.7. The lowest BCUT2D eigenvalue weighted by molar-refractivity contribution is 0.0734. The number of carbonyl (C=O) groups excluding carboxylic acids is 1. The van der Waals surface area contributed by atoms with E-state index in [4.69, 9.17) is 9.47 Å². The summed E-state index contributed by atoms with van der Waals surface area (Å²) in [6.07, 6.45) is 7.42. The number of aromatic nitrogens is 1. The highest BCUT2D eigenvalue weighted by Crippen LogP contribution is 2.21. The Labute approximate surface area is 178 Å². The molecule has 30 heavy (non-hydrogen) atoms. The minimum Gasteiger partial charge on any atom is -0.494 e. The lowest BCUT2D eigenvalue weighted by atomic mass is 10.1. The number of nitrogens with zero attached hydrogens (tertiary/aromatic N) is 1. The van der Waals surface area contributed by atoms with Crippen molar-refractivity contribution in [2.24, 2.45) is 0 Å². The fourth-order valence-electron chi connectivity index (χ4n) is 3.12. The van der Waals surface area contributed by atoms with Gasteiger partial charge in [0, 0.05) is 11.8 Å². The summed E-state index contributed by atoms with van der Waals surface area (Å²) in [7, 11) is 0. The zero-order valence-corrected chi connectivity index (χ0v) is 17.8. The standard InChI is InChI=1S/C26H29NO3/c1-3-5-6-18-29-23-13-15-24(16-14-23)30-26(28)22-11-9-21(10-12-22)25-17-8-20(7-4-2)19-27-25/h8-17,19H,3-7,18H2,1-2H3. The predicted molar refractivity (Wildman–Crippen MR) is 120 cm³/mol. The first-order valence-electron chi connectivity index (χ1n) is 10.7. The summed E-state index contributed by atoms with van der Waals surface area (Å²) in [5.41, 5.74) is 3.60. The minimum atomic E-state index is -0.385. The van der Waals surface area contributed by atoms with Gasteiger partial charge in [0.25, 0.3) is 0 Å². The molecule has 0 N–H and O–H groups in total. The van der Waals surface area contributed by atoms with Crippen LogP contribution in [-0.4, -0.2) is 17.6 Å². The Balaban J connectivity index is 1.56. The van der Waals surface area contributed by atoms with Crippen molar-refractivity contribution in [2.75, 3.05) is 6.61 Å². The topological polar surface area (TPSA) is 48.4 Å². The molecule has 1 heterocycles. The Morgan fingerprint density at radius 1 is 0.833 bits per heavy atom. The van der Waals surface area contributed by atoms with Crippen molar-refractivity contribution >= 4 is 5.97 Å². The minimum absolute atomic E-state index is 0.385. The van der Waals surface area contributed by atoms with Crippen LogP contribution in [0.15, 0.2) is 66.9 Å². The number of carbonyl (C=O) groups is 1. The first-order valence-corrected chi connectivity index (χ1v) is 10.7. The van der Waals surface area contributed by atoms with Crippen LogP contribution in [0.1, 0.15) is 55.5 Å². The monoisotopic (exact) mass is 403 g/mol. The van der Waals surface area contributed by atoms with Gasteiger partial charge in [-0.2, -0.15) is 0 Å². The van der Waals surface area contributed by atoms with Gasteiger partial charge in [-0.3, -0.25) is 4.98 Å². The van der Waals surface area contributed by atoms with Crippen LogP contribution in [0.25, 0.3) is 11.3 Å². The average Bonchev–Trinajstić information content (AvgIpc) is 2.79. The SMILES string of the molecule is CCCCCOc1ccc(OC(=O)c2ccc(-c3ccc(CCC)cn3)cc2)cc1. The fourth-order valence-corrected chi connectivity index (χ4v) is 3.12. The summed E-state index contributed by atoms with van der Waals surface area (Å²) in [6.45, 7) is 5.02. The van der Waals surface area contributed by atoms with Crippen molar-refractivity contribution in [2.45, 2.75) is 46.0 Å². The third kappa shape index (κ3) is 6.18. The summed E-state index contributed by atoms with van der Waals surface area (Å²) >= 11 is 0. The number of aryl methyl sites for hydroxylation is 1. The van der Waals surface area contributed by atoms with Gasteiger partial charge in [0.2, 0.25) is 0 Å². The lowest BCUT2D eigenvalue weighted by Crippen LogP contribution is -2.08. The molecule has 0 amide bonds. The highest BCUT2D eigenvalue weighted by atomic mass is 16.5. The molecule has 4 heteroatoms. The molecule has 0 aliphatic heterocycles. The molecule has 0 bridgehead atoms. The first kappa shape index (κ1) is 21.6. The van der Waals surface area contributed by atoms with Gasteiger partial charge in [-0.15, -0.1) is 0 Å². The number of benzene rings is 2. The van der Waals surface area contributed by atoms with E-state index in [9.17, 15) is 4.79 Å². The van der Waals surface area contributed by atoms with Gasteiger partial charge in [0.1, 0.15) is 11.5 Å². The van der Waals surface area contributed by atoms with E-state index in [1.165, 1.54) is 12.0 Å². The van der Waals surface area contributed by atoms with E-state index in [1.54, 1.807) is 24.3 Å². The van der Waals surface area contributed by atoms with Crippen molar-refractivity contribution in [3.63, 3.8) is 0 Å². The fraction of sp³-hybridized carbons (Fsp3) is 0.308. The Kier molecular flexibility index (Phi) is 8.02. The van der Waals surface area contributed by atoms with Crippen LogP contribution >= 0.6 is 0 Å². The molecule has 0 unspecified atom stereocenters. The number of hydrogen-bond acceptors (Lipinski definition) is 4.